The van der Waals surface area contributed by atoms with Crippen molar-refractivity contribution in [1.29, 1.82) is 0 Å². The summed E-state index contributed by atoms with van der Waals surface area (Å²) in [5, 5.41) is 0. The molecule has 0 aliphatic rings. The quantitative estimate of drug-likeness (QED) is 0.417. The zero-order valence-electron chi connectivity index (χ0n) is 15.8. The number of benzene rings is 4. The van der Waals surface area contributed by atoms with Gasteiger partial charge in [0, 0.05) is 28.4 Å². The van der Waals surface area contributed by atoms with E-state index in [9.17, 15) is 0 Å². The number of anilines is 5. The molecule has 0 unspecified atom stereocenters. The average Bonchev–Trinajstić information content (AvgIpc) is 2.72. The van der Waals surface area contributed by atoms with E-state index in [4.69, 9.17) is 11.5 Å². The highest BCUT2D eigenvalue weighted by Crippen LogP contribution is 2.36. The van der Waals surface area contributed by atoms with E-state index >= 15 is 0 Å². The van der Waals surface area contributed by atoms with Crippen LogP contribution in [0.15, 0.2) is 97.1 Å². The Labute approximate surface area is 165 Å². The second-order valence-corrected chi connectivity index (χ2v) is 6.93. The Morgan fingerprint density at radius 2 is 0.786 bits per heavy atom. The summed E-state index contributed by atoms with van der Waals surface area (Å²) in [6, 6.07) is 33.0. The Hall–Kier alpha value is -3.72. The molecule has 0 saturated carbocycles. The predicted molar refractivity (Wildman–Crippen MR) is 120 cm³/mol. The monoisotopic (exact) mass is 365 g/mol. The number of nitrogens with two attached hydrogens (primary N) is 2. The normalized spacial score (nSPS) is 10.6. The fourth-order valence-electron chi connectivity index (χ4n) is 3.24. The Kier molecular flexibility index (Phi) is 4.73. The summed E-state index contributed by atoms with van der Waals surface area (Å²) in [4.78, 5) is 2.19. The Morgan fingerprint density at radius 3 is 1.18 bits per heavy atom. The first-order chi connectivity index (χ1) is 13.6. The van der Waals surface area contributed by atoms with Crippen LogP contribution in [0.5, 0.6) is 0 Å². The SMILES string of the molecule is Cc1ccc(-c2ccc(N(c3ccc(N)cc3)c3ccc(N)cc3)cc2)cc1. The van der Waals surface area contributed by atoms with Crippen LogP contribution in [0.1, 0.15) is 5.56 Å². The lowest BCUT2D eigenvalue weighted by molar-refractivity contribution is 1.28. The predicted octanol–water partition coefficient (Wildman–Crippen LogP) is 6.30. The van der Waals surface area contributed by atoms with E-state index in [1.54, 1.807) is 0 Å². The molecule has 4 rings (SSSR count). The van der Waals surface area contributed by atoms with Crippen molar-refractivity contribution in [1.82, 2.24) is 0 Å². The minimum absolute atomic E-state index is 0.746. The molecule has 28 heavy (non-hydrogen) atoms. The van der Waals surface area contributed by atoms with E-state index in [1.165, 1.54) is 16.7 Å². The van der Waals surface area contributed by atoms with E-state index in [0.29, 0.717) is 0 Å². The Morgan fingerprint density at radius 1 is 0.464 bits per heavy atom. The number of aryl methyl sites for hydroxylation is 1. The molecule has 0 fully saturated rings. The molecule has 0 spiro atoms. The van der Waals surface area contributed by atoms with Crippen LogP contribution >= 0.6 is 0 Å². The van der Waals surface area contributed by atoms with Crippen LogP contribution in [0, 0.1) is 6.92 Å². The van der Waals surface area contributed by atoms with Gasteiger partial charge in [0.05, 0.1) is 0 Å². The van der Waals surface area contributed by atoms with E-state index in [-0.39, 0.29) is 0 Å². The molecular weight excluding hydrogens is 342 g/mol. The number of rotatable bonds is 4. The molecule has 0 aliphatic carbocycles. The fraction of sp³-hybridized carbons (Fsp3) is 0.0400. The summed E-state index contributed by atoms with van der Waals surface area (Å²) < 4.78 is 0. The number of hydrogen-bond donors (Lipinski definition) is 2. The molecule has 138 valence electrons. The van der Waals surface area contributed by atoms with Gasteiger partial charge in [0.1, 0.15) is 0 Å². The van der Waals surface area contributed by atoms with Gasteiger partial charge in [-0.25, -0.2) is 0 Å². The molecule has 0 saturated heterocycles. The van der Waals surface area contributed by atoms with Gasteiger partial charge in [-0.1, -0.05) is 42.0 Å². The first kappa shape index (κ1) is 17.7. The van der Waals surface area contributed by atoms with Gasteiger partial charge in [-0.3, -0.25) is 0 Å². The smallest absolute Gasteiger partial charge is 0.0463 e. The van der Waals surface area contributed by atoms with Crippen LogP contribution in [-0.2, 0) is 0 Å². The zero-order chi connectivity index (χ0) is 19.5. The van der Waals surface area contributed by atoms with Gasteiger partial charge < -0.3 is 16.4 Å². The van der Waals surface area contributed by atoms with Crippen molar-refractivity contribution in [2.45, 2.75) is 6.92 Å². The maximum atomic E-state index is 5.88. The minimum atomic E-state index is 0.746. The van der Waals surface area contributed by atoms with E-state index < -0.39 is 0 Å². The molecule has 0 bridgehead atoms. The second kappa shape index (κ2) is 7.49. The number of nitrogens with zero attached hydrogens (tertiary/aromatic N) is 1. The molecule has 0 heterocycles. The first-order valence-electron chi connectivity index (χ1n) is 9.28. The van der Waals surface area contributed by atoms with E-state index in [0.717, 1.165) is 28.4 Å². The molecule has 4 aromatic rings. The highest BCUT2D eigenvalue weighted by atomic mass is 15.1. The van der Waals surface area contributed by atoms with Crippen LogP contribution in [0.3, 0.4) is 0 Å². The van der Waals surface area contributed by atoms with Crippen LogP contribution < -0.4 is 16.4 Å². The lowest BCUT2D eigenvalue weighted by Gasteiger charge is -2.26. The third kappa shape index (κ3) is 3.69. The molecule has 0 radical (unpaired) electrons. The number of nitrogen functional groups attached to an aromatic ring is 2. The summed E-state index contributed by atoms with van der Waals surface area (Å²) in [5.41, 5.74) is 20.1. The van der Waals surface area contributed by atoms with Crippen molar-refractivity contribution >= 4 is 28.4 Å². The lowest BCUT2D eigenvalue weighted by Crippen LogP contribution is -2.10. The largest absolute Gasteiger partial charge is 0.399 e. The van der Waals surface area contributed by atoms with Gasteiger partial charge in [-0.15, -0.1) is 0 Å². The number of hydrogen-bond acceptors (Lipinski definition) is 3. The topological polar surface area (TPSA) is 55.3 Å². The van der Waals surface area contributed by atoms with Crippen LogP contribution in [0.25, 0.3) is 11.1 Å². The average molecular weight is 365 g/mol. The molecule has 0 aromatic heterocycles. The highest BCUT2D eigenvalue weighted by molar-refractivity contribution is 5.79. The Balaban J connectivity index is 1.74. The van der Waals surface area contributed by atoms with Crippen LogP contribution in [-0.4, -0.2) is 0 Å². The van der Waals surface area contributed by atoms with Crippen molar-refractivity contribution < 1.29 is 0 Å². The maximum Gasteiger partial charge on any atom is 0.0463 e. The van der Waals surface area contributed by atoms with Crippen molar-refractivity contribution in [2.24, 2.45) is 0 Å². The van der Waals surface area contributed by atoms with Crippen LogP contribution in [0.4, 0.5) is 28.4 Å². The molecule has 3 nitrogen and oxygen atoms in total. The van der Waals surface area contributed by atoms with Crippen molar-refractivity contribution in [3.63, 3.8) is 0 Å². The summed E-state index contributed by atoms with van der Waals surface area (Å²) in [6.45, 7) is 2.10. The first-order valence-corrected chi connectivity index (χ1v) is 9.28. The minimum Gasteiger partial charge on any atom is -0.399 e. The van der Waals surface area contributed by atoms with Gasteiger partial charge in [0.2, 0.25) is 0 Å². The fourth-order valence-corrected chi connectivity index (χ4v) is 3.24. The van der Waals surface area contributed by atoms with Gasteiger partial charge in [-0.2, -0.15) is 0 Å². The Bertz CT molecular complexity index is 1000. The molecule has 0 aliphatic heterocycles. The van der Waals surface area contributed by atoms with Crippen molar-refractivity contribution in [2.75, 3.05) is 16.4 Å². The zero-order valence-corrected chi connectivity index (χ0v) is 15.8. The second-order valence-electron chi connectivity index (χ2n) is 6.93. The van der Waals surface area contributed by atoms with E-state index in [2.05, 4.69) is 60.4 Å². The van der Waals surface area contributed by atoms with Gasteiger partial charge in [0.15, 0.2) is 0 Å². The molecule has 3 heteroatoms. The standard InChI is InChI=1S/C25H23N3/c1-18-2-4-19(5-3-18)20-6-12-23(13-7-20)28(24-14-8-21(26)9-15-24)25-16-10-22(27)11-17-25/h2-17H,26-27H2,1H3. The maximum absolute atomic E-state index is 5.88. The molecule has 4 N–H and O–H groups in total. The lowest BCUT2D eigenvalue weighted by atomic mass is 10.0. The van der Waals surface area contributed by atoms with Crippen molar-refractivity contribution in [3.8, 4) is 11.1 Å². The molecule has 0 amide bonds. The third-order valence-corrected chi connectivity index (χ3v) is 4.81. The highest BCUT2D eigenvalue weighted by Gasteiger charge is 2.12. The van der Waals surface area contributed by atoms with Gasteiger partial charge in [0.25, 0.3) is 0 Å². The van der Waals surface area contributed by atoms with Gasteiger partial charge >= 0.3 is 0 Å². The third-order valence-electron chi connectivity index (χ3n) is 4.81. The summed E-state index contributed by atoms with van der Waals surface area (Å²) in [5.74, 6) is 0. The summed E-state index contributed by atoms with van der Waals surface area (Å²) in [6.07, 6.45) is 0. The molecule has 0 atom stereocenters. The molecule has 4 aromatic carbocycles. The molecular formula is C25H23N3. The summed E-state index contributed by atoms with van der Waals surface area (Å²) in [7, 11) is 0. The van der Waals surface area contributed by atoms with Gasteiger partial charge in [-0.05, 0) is 78.7 Å². The van der Waals surface area contributed by atoms with Crippen molar-refractivity contribution in [3.05, 3.63) is 103 Å². The van der Waals surface area contributed by atoms with Crippen LogP contribution in [0.2, 0.25) is 0 Å². The summed E-state index contributed by atoms with van der Waals surface area (Å²) >= 11 is 0. The van der Waals surface area contributed by atoms with E-state index in [1.807, 2.05) is 48.5 Å².